The van der Waals surface area contributed by atoms with Gasteiger partial charge in [-0.05, 0) is 63.2 Å². The first kappa shape index (κ1) is 23.5. The highest BCUT2D eigenvalue weighted by Gasteiger charge is 2.32. The minimum absolute atomic E-state index is 0.185. The van der Waals surface area contributed by atoms with Gasteiger partial charge in [-0.15, -0.1) is 0 Å². The molecule has 2 aliphatic carbocycles. The Bertz CT molecular complexity index is 726. The van der Waals surface area contributed by atoms with Crippen LogP contribution in [0.25, 0.3) is 0 Å². The summed E-state index contributed by atoms with van der Waals surface area (Å²) in [7, 11) is 0. The summed E-state index contributed by atoms with van der Waals surface area (Å²) in [4.78, 5) is 24.2. The first-order valence-electron chi connectivity index (χ1n) is 13.4. The van der Waals surface area contributed by atoms with Crippen LogP contribution in [0.4, 0.5) is 5.82 Å². The van der Waals surface area contributed by atoms with Gasteiger partial charge in [0.2, 0.25) is 5.91 Å². The van der Waals surface area contributed by atoms with Crippen LogP contribution in [-0.2, 0) is 4.79 Å². The van der Waals surface area contributed by atoms with Gasteiger partial charge in [-0.2, -0.15) is 0 Å². The number of hydrogen-bond acceptors (Lipinski definition) is 4. The molecule has 3 fully saturated rings. The zero-order valence-corrected chi connectivity index (χ0v) is 20.4. The number of hydrogen-bond donors (Lipinski definition) is 1. The molecule has 1 N–H and O–H groups in total. The van der Waals surface area contributed by atoms with Crippen LogP contribution in [0.15, 0.2) is 12.4 Å². The number of carbonyl (C=O) groups excluding carboxylic acids is 1. The molecule has 0 radical (unpaired) electrons. The molecule has 3 atom stereocenters. The Morgan fingerprint density at radius 3 is 2.47 bits per heavy atom. The Labute approximate surface area is 195 Å². The van der Waals surface area contributed by atoms with Crippen molar-refractivity contribution in [3.63, 3.8) is 0 Å². The third-order valence-corrected chi connectivity index (χ3v) is 8.36. The highest BCUT2D eigenvalue weighted by molar-refractivity contribution is 5.78. The van der Waals surface area contributed by atoms with Crippen LogP contribution in [-0.4, -0.2) is 39.9 Å². The molecule has 2 saturated carbocycles. The number of nitrogens with one attached hydrogen (secondary N) is 1. The molecule has 1 aromatic heterocycles. The third-order valence-electron chi connectivity index (χ3n) is 8.36. The number of nitrogens with zero attached hydrogens (tertiary/aromatic N) is 3. The number of likely N-dealkylation sites (tertiary alicyclic amines) is 1. The normalized spacial score (nSPS) is 24.9. The number of amides is 1. The number of carbonyl (C=O) groups is 1. The second-order valence-electron chi connectivity index (χ2n) is 11.0. The van der Waals surface area contributed by atoms with Crippen LogP contribution >= 0.6 is 0 Å². The summed E-state index contributed by atoms with van der Waals surface area (Å²) < 4.78 is 0. The molecular weight excluding hydrogens is 396 g/mol. The van der Waals surface area contributed by atoms with Gasteiger partial charge in [-0.1, -0.05) is 51.9 Å². The van der Waals surface area contributed by atoms with Crippen molar-refractivity contribution in [1.82, 2.24) is 14.9 Å². The number of aryl methyl sites for hydroxylation is 1. The van der Waals surface area contributed by atoms with Crippen molar-refractivity contribution in [1.29, 1.82) is 0 Å². The Morgan fingerprint density at radius 1 is 1.00 bits per heavy atom. The lowest BCUT2D eigenvalue weighted by Crippen LogP contribution is -2.44. The Kier molecular flexibility index (Phi) is 8.43. The molecule has 1 aliphatic heterocycles. The fourth-order valence-electron chi connectivity index (χ4n) is 6.60. The summed E-state index contributed by atoms with van der Waals surface area (Å²) in [6.07, 6.45) is 18.4. The van der Waals surface area contributed by atoms with Crippen LogP contribution in [0.2, 0.25) is 0 Å². The molecule has 3 unspecified atom stereocenters. The lowest BCUT2D eigenvalue weighted by atomic mass is 9.82. The molecule has 1 aromatic rings. The van der Waals surface area contributed by atoms with E-state index in [1.165, 1.54) is 64.2 Å². The predicted octanol–water partition coefficient (Wildman–Crippen LogP) is 5.99. The van der Waals surface area contributed by atoms with Crippen molar-refractivity contribution in [2.45, 2.75) is 103 Å². The van der Waals surface area contributed by atoms with Gasteiger partial charge in [0.25, 0.3) is 0 Å². The van der Waals surface area contributed by atoms with Gasteiger partial charge in [0.05, 0.1) is 0 Å². The number of aromatic nitrogens is 2. The second kappa shape index (κ2) is 11.5. The molecule has 0 spiro atoms. The van der Waals surface area contributed by atoms with Gasteiger partial charge in [-0.25, -0.2) is 9.97 Å². The average molecular weight is 441 g/mol. The molecule has 178 valence electrons. The van der Waals surface area contributed by atoms with Gasteiger partial charge >= 0.3 is 0 Å². The fraction of sp³-hybridized carbons (Fsp3) is 0.815. The molecule has 3 aliphatic rings. The van der Waals surface area contributed by atoms with Crippen molar-refractivity contribution in [3.05, 3.63) is 18.1 Å². The summed E-state index contributed by atoms with van der Waals surface area (Å²) in [6.45, 7) is 6.11. The van der Waals surface area contributed by atoms with E-state index in [0.29, 0.717) is 17.9 Å². The second-order valence-corrected chi connectivity index (χ2v) is 11.0. The van der Waals surface area contributed by atoms with Gasteiger partial charge in [-0.3, -0.25) is 4.79 Å². The lowest BCUT2D eigenvalue weighted by molar-refractivity contribution is -0.137. The molecule has 1 saturated heterocycles. The topological polar surface area (TPSA) is 58.1 Å². The monoisotopic (exact) mass is 440 g/mol. The average Bonchev–Trinajstić information content (AvgIpc) is 3.34. The van der Waals surface area contributed by atoms with Crippen LogP contribution in [0.3, 0.4) is 0 Å². The lowest BCUT2D eigenvalue weighted by Gasteiger charge is -2.37. The van der Waals surface area contributed by atoms with Crippen LogP contribution < -0.4 is 5.32 Å². The van der Waals surface area contributed by atoms with Crippen LogP contribution in [0.1, 0.15) is 96.1 Å². The zero-order valence-electron chi connectivity index (χ0n) is 20.4. The van der Waals surface area contributed by atoms with Crippen molar-refractivity contribution in [2.75, 3.05) is 18.4 Å². The smallest absolute Gasteiger partial charge is 0.225 e. The summed E-state index contributed by atoms with van der Waals surface area (Å²) in [5, 5.41) is 3.78. The maximum atomic E-state index is 13.3. The largest absolute Gasteiger partial charge is 0.367 e. The van der Waals surface area contributed by atoms with E-state index in [9.17, 15) is 4.79 Å². The summed E-state index contributed by atoms with van der Waals surface area (Å²) >= 11 is 0. The molecule has 2 heterocycles. The van der Waals surface area contributed by atoms with E-state index in [-0.39, 0.29) is 5.92 Å². The molecule has 5 heteroatoms. The molecule has 5 nitrogen and oxygen atoms in total. The molecule has 4 rings (SSSR count). The maximum absolute atomic E-state index is 13.3. The fourth-order valence-corrected chi connectivity index (χ4v) is 6.60. The van der Waals surface area contributed by atoms with Crippen LogP contribution in [0.5, 0.6) is 0 Å². The summed E-state index contributed by atoms with van der Waals surface area (Å²) in [6, 6.07) is 2.51. The summed E-state index contributed by atoms with van der Waals surface area (Å²) in [5.74, 6) is 3.65. The molecule has 1 amide bonds. The van der Waals surface area contributed by atoms with E-state index >= 15 is 0 Å². The highest BCUT2D eigenvalue weighted by Crippen LogP contribution is 2.35. The van der Waals surface area contributed by atoms with Gasteiger partial charge in [0.1, 0.15) is 12.1 Å². The van der Waals surface area contributed by atoms with Crippen molar-refractivity contribution in [3.8, 4) is 0 Å². The minimum atomic E-state index is 0.185. The Hall–Kier alpha value is -1.65. The first-order chi connectivity index (χ1) is 15.6. The van der Waals surface area contributed by atoms with Gasteiger partial charge in [0, 0.05) is 36.8 Å². The van der Waals surface area contributed by atoms with E-state index in [0.717, 1.165) is 55.7 Å². The van der Waals surface area contributed by atoms with E-state index in [1.54, 1.807) is 6.33 Å². The number of anilines is 1. The van der Waals surface area contributed by atoms with E-state index in [4.69, 9.17) is 0 Å². The quantitative estimate of drug-likeness (QED) is 0.539. The SMILES string of the molecule is Cc1cc(NC(CC2CCCN(C(=O)C(C)CC3CCCCC3)C2)C2CCCC2)ncn1. The number of rotatable bonds is 8. The van der Waals surface area contributed by atoms with E-state index < -0.39 is 0 Å². The Balaban J connectivity index is 1.34. The number of piperidine rings is 1. The van der Waals surface area contributed by atoms with Crippen molar-refractivity contribution < 1.29 is 4.79 Å². The van der Waals surface area contributed by atoms with E-state index in [2.05, 4.69) is 33.2 Å². The van der Waals surface area contributed by atoms with Crippen LogP contribution in [0, 0.1) is 30.6 Å². The third kappa shape index (κ3) is 6.45. The molecule has 32 heavy (non-hydrogen) atoms. The molecular formula is C27H44N4O. The molecule has 0 bridgehead atoms. The standard InChI is InChI=1S/C27H44N4O/c1-20(15-22-9-4-3-5-10-22)27(32)31-14-8-11-23(18-31)17-25(24-12-6-7-13-24)30-26-16-21(2)28-19-29-26/h16,19-20,22-25H,3-15,17-18H2,1-2H3,(H,28,29,30). The summed E-state index contributed by atoms with van der Waals surface area (Å²) in [5.41, 5.74) is 1.01. The van der Waals surface area contributed by atoms with Gasteiger partial charge < -0.3 is 10.2 Å². The highest BCUT2D eigenvalue weighted by atomic mass is 16.2. The first-order valence-corrected chi connectivity index (χ1v) is 13.4. The van der Waals surface area contributed by atoms with Gasteiger partial charge in [0.15, 0.2) is 0 Å². The van der Waals surface area contributed by atoms with E-state index in [1.807, 2.05) is 6.92 Å². The minimum Gasteiger partial charge on any atom is -0.367 e. The zero-order chi connectivity index (χ0) is 22.3. The predicted molar refractivity (Wildman–Crippen MR) is 130 cm³/mol. The van der Waals surface area contributed by atoms with Crippen molar-refractivity contribution >= 4 is 11.7 Å². The maximum Gasteiger partial charge on any atom is 0.225 e. The van der Waals surface area contributed by atoms with Crippen molar-refractivity contribution in [2.24, 2.45) is 23.7 Å². The Morgan fingerprint density at radius 2 is 1.72 bits per heavy atom. The molecule has 0 aromatic carbocycles.